The summed E-state index contributed by atoms with van der Waals surface area (Å²) in [6, 6.07) is 11.7. The molecule has 0 unspecified atom stereocenters. The van der Waals surface area contributed by atoms with Crippen LogP contribution in [0.3, 0.4) is 0 Å². The van der Waals surface area contributed by atoms with Gasteiger partial charge in [0.2, 0.25) is 11.8 Å². The third-order valence-corrected chi connectivity index (χ3v) is 12.0. The zero-order valence-electron chi connectivity index (χ0n) is 27.8. The molecule has 1 saturated carbocycles. The van der Waals surface area contributed by atoms with Gasteiger partial charge in [0.15, 0.2) is 5.01 Å². The molecular formula is C37H43ClN6O4S. The van der Waals surface area contributed by atoms with Gasteiger partial charge in [0.1, 0.15) is 0 Å². The lowest BCUT2D eigenvalue weighted by Crippen LogP contribution is -2.51. The van der Waals surface area contributed by atoms with E-state index in [-0.39, 0.29) is 29.2 Å². The van der Waals surface area contributed by atoms with Crippen molar-refractivity contribution in [1.82, 2.24) is 25.1 Å². The third kappa shape index (κ3) is 7.12. The lowest BCUT2D eigenvalue weighted by Gasteiger charge is -2.51. The number of aryl methyl sites for hydroxylation is 1. The molecule has 0 radical (unpaired) electrons. The fraction of sp³-hybridized carbons (Fsp3) is 0.459. The molecule has 49 heavy (non-hydrogen) atoms. The quantitative estimate of drug-likeness (QED) is 0.194. The summed E-state index contributed by atoms with van der Waals surface area (Å²) in [7, 11) is 0. The number of aromatic nitrogens is 2. The van der Waals surface area contributed by atoms with E-state index in [2.05, 4.69) is 37.3 Å². The van der Waals surface area contributed by atoms with Crippen molar-refractivity contribution >= 4 is 51.6 Å². The number of likely N-dealkylation sites (tertiary alicyclic amines) is 1. The van der Waals surface area contributed by atoms with Gasteiger partial charge in [-0.2, -0.15) is 0 Å². The number of rotatable bonds is 10. The topological polar surface area (TPSA) is 132 Å². The van der Waals surface area contributed by atoms with Crippen molar-refractivity contribution in [1.29, 1.82) is 0 Å². The van der Waals surface area contributed by atoms with E-state index in [4.69, 9.17) is 22.1 Å². The number of hydrogen-bond donors (Lipinski definition) is 3. The van der Waals surface area contributed by atoms with E-state index >= 15 is 0 Å². The maximum atomic E-state index is 13.3. The molecule has 10 nitrogen and oxygen atoms in total. The monoisotopic (exact) mass is 702 g/mol. The molecule has 7 rings (SSSR count). The number of carbonyl (C=O) groups is 3. The molecule has 2 aliphatic heterocycles. The number of carbonyl (C=O) groups excluding carboxylic acids is 3. The molecule has 1 aliphatic carbocycles. The molecule has 4 N–H and O–H groups in total. The van der Waals surface area contributed by atoms with Crippen LogP contribution in [0.15, 0.2) is 48.8 Å². The van der Waals surface area contributed by atoms with E-state index < -0.39 is 5.91 Å². The van der Waals surface area contributed by atoms with Crippen molar-refractivity contribution in [3.8, 4) is 11.1 Å². The number of halogens is 1. The fourth-order valence-electron chi connectivity index (χ4n) is 7.83. The number of ether oxygens (including phenoxy) is 1. The highest BCUT2D eigenvalue weighted by Crippen LogP contribution is 2.52. The van der Waals surface area contributed by atoms with Crippen LogP contribution in [0.5, 0.6) is 0 Å². The van der Waals surface area contributed by atoms with Crippen LogP contribution in [0.1, 0.15) is 75.2 Å². The molecule has 1 spiro atoms. The van der Waals surface area contributed by atoms with E-state index in [0.717, 1.165) is 90.6 Å². The largest absolute Gasteiger partial charge is 0.381 e. The molecule has 0 bridgehead atoms. The summed E-state index contributed by atoms with van der Waals surface area (Å²) in [5.41, 5.74) is 10.0. The number of fused-ring (bicyclic) bond motifs is 1. The number of nitrogens with one attached hydrogen (secondary N) is 2. The van der Waals surface area contributed by atoms with Crippen molar-refractivity contribution in [3.05, 3.63) is 74.8 Å². The highest BCUT2D eigenvalue weighted by atomic mass is 35.5. The van der Waals surface area contributed by atoms with Gasteiger partial charge >= 0.3 is 0 Å². The van der Waals surface area contributed by atoms with E-state index in [0.29, 0.717) is 41.9 Å². The van der Waals surface area contributed by atoms with Crippen LogP contribution in [-0.4, -0.2) is 71.6 Å². The van der Waals surface area contributed by atoms with Gasteiger partial charge < -0.3 is 30.6 Å². The van der Waals surface area contributed by atoms with Crippen molar-refractivity contribution in [2.75, 3.05) is 39.4 Å². The van der Waals surface area contributed by atoms with Crippen molar-refractivity contribution in [2.45, 2.75) is 58.0 Å². The number of primary amides is 1. The van der Waals surface area contributed by atoms with Gasteiger partial charge in [-0.3, -0.25) is 14.4 Å². The second-order valence-electron chi connectivity index (χ2n) is 13.9. The van der Waals surface area contributed by atoms with E-state index in [1.54, 1.807) is 12.3 Å². The van der Waals surface area contributed by atoms with Crippen molar-refractivity contribution in [2.24, 2.45) is 17.1 Å². The zero-order chi connectivity index (χ0) is 34.1. The molecule has 3 aliphatic rings. The lowest BCUT2D eigenvalue weighted by molar-refractivity contribution is -0.135. The Morgan fingerprint density at radius 1 is 1.10 bits per heavy atom. The number of nitrogens with zero attached hydrogens (tertiary/aromatic N) is 3. The lowest BCUT2D eigenvalue weighted by atomic mass is 9.57. The molecule has 3 fully saturated rings. The van der Waals surface area contributed by atoms with Gasteiger partial charge in [-0.15, -0.1) is 11.3 Å². The Balaban J connectivity index is 0.959. The minimum Gasteiger partial charge on any atom is -0.381 e. The Morgan fingerprint density at radius 2 is 1.88 bits per heavy atom. The molecule has 2 aromatic heterocycles. The first-order chi connectivity index (χ1) is 23.7. The molecule has 4 heterocycles. The first-order valence-electron chi connectivity index (χ1n) is 17.2. The maximum absolute atomic E-state index is 13.3. The normalized spacial score (nSPS) is 18.4. The Kier molecular flexibility index (Phi) is 9.79. The number of thiazole rings is 1. The Bertz CT molecular complexity index is 1870. The standard InChI is InChI=1S/C37H43ClN6O4S/c1-23-20-42-36(49-23)35(47)40-11-14-43-12-9-37(10-13-43)18-27(19-37)34(46)41-21-26-5-6-29-30(24-3-2-4-25(17-24)33(39)45)22-44(32(29)31(26)38)28-7-15-48-16-8-28/h2-6,17,20,22,27-28H,7-16,18-19,21H2,1H3,(H2,39,45)(H,40,47)(H,41,46). The average molecular weight is 703 g/mol. The van der Waals surface area contributed by atoms with Crippen LogP contribution in [0.2, 0.25) is 5.02 Å². The van der Waals surface area contributed by atoms with Crippen molar-refractivity contribution < 1.29 is 19.1 Å². The minimum absolute atomic E-state index is 0.0188. The first-order valence-corrected chi connectivity index (χ1v) is 18.4. The summed E-state index contributed by atoms with van der Waals surface area (Å²) < 4.78 is 7.91. The summed E-state index contributed by atoms with van der Waals surface area (Å²) in [5, 5.41) is 8.33. The minimum atomic E-state index is -0.464. The van der Waals surface area contributed by atoms with Crippen LogP contribution in [0.4, 0.5) is 0 Å². The molecule has 3 amide bonds. The van der Waals surface area contributed by atoms with Gasteiger partial charge in [-0.25, -0.2) is 4.98 Å². The third-order valence-electron chi connectivity index (χ3n) is 10.7. The van der Waals surface area contributed by atoms with E-state index in [1.807, 2.05) is 31.2 Å². The average Bonchev–Trinajstić information content (AvgIpc) is 3.72. The summed E-state index contributed by atoms with van der Waals surface area (Å²) in [4.78, 5) is 45.1. The first kappa shape index (κ1) is 33.7. The van der Waals surface area contributed by atoms with Gasteiger partial charge in [0.05, 0.1) is 10.5 Å². The van der Waals surface area contributed by atoms with Gasteiger partial charge in [0.25, 0.3) is 5.91 Å². The van der Waals surface area contributed by atoms with E-state index in [9.17, 15) is 14.4 Å². The highest BCUT2D eigenvalue weighted by Gasteiger charge is 2.48. The van der Waals surface area contributed by atoms with Gasteiger partial charge in [-0.1, -0.05) is 35.9 Å². The molecular weight excluding hydrogens is 660 g/mol. The van der Waals surface area contributed by atoms with Crippen LogP contribution in [-0.2, 0) is 16.1 Å². The Morgan fingerprint density at radius 3 is 2.59 bits per heavy atom. The van der Waals surface area contributed by atoms with E-state index in [1.165, 1.54) is 11.3 Å². The predicted octanol–water partition coefficient (Wildman–Crippen LogP) is 5.72. The summed E-state index contributed by atoms with van der Waals surface area (Å²) in [6.45, 7) is 7.09. The molecule has 4 aromatic rings. The smallest absolute Gasteiger partial charge is 0.280 e. The second-order valence-corrected chi connectivity index (χ2v) is 15.5. The van der Waals surface area contributed by atoms with Gasteiger partial charge in [0, 0.05) is 78.6 Å². The zero-order valence-corrected chi connectivity index (χ0v) is 29.4. The highest BCUT2D eigenvalue weighted by molar-refractivity contribution is 7.13. The number of benzene rings is 2. The van der Waals surface area contributed by atoms with Gasteiger partial charge in [-0.05, 0) is 87.2 Å². The molecule has 12 heteroatoms. The molecule has 2 saturated heterocycles. The Hall–Kier alpha value is -3.77. The number of piperidine rings is 1. The maximum Gasteiger partial charge on any atom is 0.280 e. The van der Waals surface area contributed by atoms with Crippen molar-refractivity contribution in [3.63, 3.8) is 0 Å². The molecule has 2 aromatic carbocycles. The summed E-state index contributed by atoms with van der Waals surface area (Å²) in [5.74, 6) is -0.459. The van der Waals surface area contributed by atoms with Crippen LogP contribution in [0.25, 0.3) is 22.0 Å². The molecule has 258 valence electrons. The SMILES string of the molecule is Cc1cnc(C(=O)NCCN2CCC3(CC2)CC(C(=O)NCc2ccc4c(-c5cccc(C(N)=O)c5)cn(C5CCOCC5)c4c2Cl)C3)s1. The summed E-state index contributed by atoms with van der Waals surface area (Å²) in [6.07, 6.45) is 9.61. The van der Waals surface area contributed by atoms with Crippen LogP contribution >= 0.6 is 22.9 Å². The molecule has 0 atom stereocenters. The number of hydrogen-bond acceptors (Lipinski definition) is 7. The Labute approximate surface area is 295 Å². The number of amides is 3. The second kappa shape index (κ2) is 14.2. The van der Waals surface area contributed by atoms with Crippen LogP contribution in [0, 0.1) is 18.3 Å². The fourth-order valence-corrected chi connectivity index (χ4v) is 8.84. The number of nitrogens with two attached hydrogens (primary N) is 1. The van der Waals surface area contributed by atoms with Crippen LogP contribution < -0.4 is 16.4 Å². The predicted molar refractivity (Wildman–Crippen MR) is 192 cm³/mol. The summed E-state index contributed by atoms with van der Waals surface area (Å²) >= 11 is 8.58.